The first-order valence-electron chi connectivity index (χ1n) is 17.2. The van der Waals surface area contributed by atoms with E-state index in [9.17, 15) is 8.42 Å². The molecule has 1 aliphatic heterocycles. The number of ether oxygens (including phenoxy) is 14. The van der Waals surface area contributed by atoms with E-state index in [2.05, 4.69) is 10.8 Å². The fourth-order valence-corrected chi connectivity index (χ4v) is 4.22. The van der Waals surface area contributed by atoms with Crippen LogP contribution in [0, 0.1) is 0 Å². The van der Waals surface area contributed by atoms with Crippen LogP contribution < -0.4 is 0 Å². The molecule has 0 saturated carbocycles. The summed E-state index contributed by atoms with van der Waals surface area (Å²) in [6.45, 7) is 17.0. The quantitative estimate of drug-likeness (QED) is 0.0520. The molecule has 0 amide bonds. The largest absolute Gasteiger partial charge is 0.397 e. The number of hydrogen-bond acceptors (Lipinski definition) is 17. The topological polar surface area (TPSA) is 193 Å². The second kappa shape index (κ2) is 33.6. The molecule has 0 aliphatic carbocycles. The lowest BCUT2D eigenvalue weighted by atomic mass is 10.3. The molecule has 0 radical (unpaired) electrons. The van der Waals surface area contributed by atoms with Crippen molar-refractivity contribution in [2.75, 3.05) is 165 Å². The van der Waals surface area contributed by atoms with Crippen LogP contribution in [0.5, 0.6) is 0 Å². The van der Waals surface area contributed by atoms with Crippen LogP contribution in [-0.2, 0) is 80.9 Å². The summed E-state index contributed by atoms with van der Waals surface area (Å²) in [7, 11) is -4.43. The molecule has 1 N–H and O–H groups in total. The van der Waals surface area contributed by atoms with Crippen molar-refractivity contribution in [1.82, 2.24) is 0 Å². The molecule has 304 valence electrons. The summed E-state index contributed by atoms with van der Waals surface area (Å²) in [6, 6.07) is 0. The van der Waals surface area contributed by atoms with Crippen LogP contribution in [-0.4, -0.2) is 196 Å². The van der Waals surface area contributed by atoms with Crippen molar-refractivity contribution in [3.8, 4) is 0 Å². The van der Waals surface area contributed by atoms with Crippen molar-refractivity contribution in [2.45, 2.75) is 31.8 Å². The normalized spacial score (nSPS) is 16.6. The van der Waals surface area contributed by atoms with Gasteiger partial charge in [0.15, 0.2) is 5.79 Å². The summed E-state index contributed by atoms with van der Waals surface area (Å²) in [4.78, 5) is 0. The van der Waals surface area contributed by atoms with Gasteiger partial charge in [-0.05, 0) is 13.8 Å². The molecule has 0 aromatic carbocycles. The molecule has 1 saturated heterocycles. The molecule has 18 nitrogen and oxygen atoms in total. The SMILES string of the molecule is C=CCOCC(COCC1COC(C)(C)O1)OCCOCCOCCOCCOCCOCCOCCOCCOCCOCCOS(=O)(=O)O. The Balaban J connectivity index is 1.76. The monoisotopic (exact) mass is 766 g/mol. The molecule has 0 aromatic heterocycles. The standard InChI is InChI=1S/C32H62O18S/c1-4-5-45-26-30(27-46-28-31-29-48-32(2,3)50-31)47-24-22-43-20-18-41-16-14-39-12-10-37-8-6-36-7-9-38-11-13-40-15-17-42-19-21-44-23-25-49-51(33,34)35/h4,30-31H,1,5-29H2,2-3H3,(H,33,34,35). The Labute approximate surface area is 303 Å². The van der Waals surface area contributed by atoms with Gasteiger partial charge in [0.1, 0.15) is 12.2 Å². The van der Waals surface area contributed by atoms with Gasteiger partial charge in [-0.2, -0.15) is 8.42 Å². The van der Waals surface area contributed by atoms with Crippen LogP contribution in [0.2, 0.25) is 0 Å². The molecule has 1 heterocycles. The number of rotatable bonds is 40. The van der Waals surface area contributed by atoms with Crippen molar-refractivity contribution in [3.05, 3.63) is 12.7 Å². The Morgan fingerprint density at radius 2 is 1.00 bits per heavy atom. The average Bonchev–Trinajstić information content (AvgIpc) is 3.44. The smallest absolute Gasteiger partial charge is 0.377 e. The molecular formula is C32H62O18S. The van der Waals surface area contributed by atoms with E-state index >= 15 is 0 Å². The zero-order valence-corrected chi connectivity index (χ0v) is 31.2. The van der Waals surface area contributed by atoms with Crippen molar-refractivity contribution in [2.24, 2.45) is 0 Å². The van der Waals surface area contributed by atoms with Crippen LogP contribution in [0.3, 0.4) is 0 Å². The Morgan fingerprint density at radius 3 is 1.35 bits per heavy atom. The summed E-state index contributed by atoms with van der Waals surface area (Å²) in [5.41, 5.74) is 0. The van der Waals surface area contributed by atoms with Crippen molar-refractivity contribution >= 4 is 10.4 Å². The molecular weight excluding hydrogens is 704 g/mol. The van der Waals surface area contributed by atoms with Crippen LogP contribution in [0.15, 0.2) is 12.7 Å². The number of hydrogen-bond donors (Lipinski definition) is 1. The van der Waals surface area contributed by atoms with E-state index in [4.69, 9.17) is 70.9 Å². The van der Waals surface area contributed by atoms with E-state index < -0.39 is 16.2 Å². The van der Waals surface area contributed by atoms with Gasteiger partial charge in [0, 0.05) is 0 Å². The highest BCUT2D eigenvalue weighted by atomic mass is 32.3. The Kier molecular flexibility index (Phi) is 31.7. The van der Waals surface area contributed by atoms with Gasteiger partial charge in [-0.1, -0.05) is 6.08 Å². The maximum atomic E-state index is 10.3. The lowest BCUT2D eigenvalue weighted by Gasteiger charge is -2.20. The van der Waals surface area contributed by atoms with E-state index in [0.29, 0.717) is 145 Å². The fourth-order valence-electron chi connectivity index (χ4n) is 3.94. The predicted molar refractivity (Wildman–Crippen MR) is 181 cm³/mol. The van der Waals surface area contributed by atoms with Crippen molar-refractivity contribution in [3.63, 3.8) is 0 Å². The molecule has 0 bridgehead atoms. The van der Waals surface area contributed by atoms with Crippen molar-refractivity contribution in [1.29, 1.82) is 0 Å². The van der Waals surface area contributed by atoms with Gasteiger partial charge in [0.2, 0.25) is 0 Å². The highest BCUT2D eigenvalue weighted by Gasteiger charge is 2.32. The van der Waals surface area contributed by atoms with Gasteiger partial charge in [-0.25, -0.2) is 4.18 Å². The second-order valence-electron chi connectivity index (χ2n) is 11.1. The first-order valence-corrected chi connectivity index (χ1v) is 18.6. The molecule has 1 fully saturated rings. The third-order valence-electron chi connectivity index (χ3n) is 6.23. The highest BCUT2D eigenvalue weighted by molar-refractivity contribution is 7.80. The van der Waals surface area contributed by atoms with Crippen LogP contribution in [0.1, 0.15) is 13.8 Å². The molecule has 0 aromatic rings. The van der Waals surface area contributed by atoms with E-state index in [1.54, 1.807) is 6.08 Å². The summed E-state index contributed by atoms with van der Waals surface area (Å²) >= 11 is 0. The molecule has 2 atom stereocenters. The minimum Gasteiger partial charge on any atom is -0.377 e. The molecule has 0 spiro atoms. The fraction of sp³-hybridized carbons (Fsp3) is 0.938. The Morgan fingerprint density at radius 1 is 0.627 bits per heavy atom. The van der Waals surface area contributed by atoms with Crippen LogP contribution in [0.25, 0.3) is 0 Å². The van der Waals surface area contributed by atoms with E-state index in [0.717, 1.165) is 0 Å². The third-order valence-corrected chi connectivity index (χ3v) is 6.70. The minimum absolute atomic E-state index is 0.0263. The summed E-state index contributed by atoms with van der Waals surface area (Å²) in [5.74, 6) is -0.575. The highest BCUT2D eigenvalue weighted by Crippen LogP contribution is 2.22. The van der Waals surface area contributed by atoms with Gasteiger partial charge in [-0.3, -0.25) is 4.55 Å². The van der Waals surface area contributed by atoms with E-state index in [1.165, 1.54) is 0 Å². The maximum absolute atomic E-state index is 10.3. The van der Waals surface area contributed by atoms with Gasteiger partial charge < -0.3 is 66.3 Å². The maximum Gasteiger partial charge on any atom is 0.397 e. The molecule has 19 heteroatoms. The lowest BCUT2D eigenvalue weighted by Crippen LogP contribution is -2.30. The lowest BCUT2D eigenvalue weighted by molar-refractivity contribution is -0.148. The zero-order valence-electron chi connectivity index (χ0n) is 30.4. The van der Waals surface area contributed by atoms with Crippen LogP contribution >= 0.6 is 0 Å². The second-order valence-corrected chi connectivity index (χ2v) is 12.2. The first-order chi connectivity index (χ1) is 24.7. The van der Waals surface area contributed by atoms with Crippen LogP contribution in [0.4, 0.5) is 0 Å². The van der Waals surface area contributed by atoms with Crippen molar-refractivity contribution < 1.29 is 83.5 Å². The Bertz CT molecular complexity index is 880. The van der Waals surface area contributed by atoms with Gasteiger partial charge in [-0.15, -0.1) is 6.58 Å². The van der Waals surface area contributed by atoms with E-state index in [1.807, 2.05) is 13.8 Å². The molecule has 2 unspecified atom stereocenters. The first kappa shape index (κ1) is 48.1. The molecule has 1 aliphatic rings. The summed E-state index contributed by atoms with van der Waals surface area (Å²) in [6.07, 6.45) is 1.37. The molecule has 51 heavy (non-hydrogen) atoms. The average molecular weight is 767 g/mol. The Hall–Kier alpha value is -0.950. The van der Waals surface area contributed by atoms with E-state index in [-0.39, 0.29) is 32.0 Å². The zero-order chi connectivity index (χ0) is 37.1. The predicted octanol–water partition coefficient (Wildman–Crippen LogP) is 0.711. The van der Waals surface area contributed by atoms with Gasteiger partial charge >= 0.3 is 10.4 Å². The van der Waals surface area contributed by atoms with Gasteiger partial charge in [0.25, 0.3) is 0 Å². The van der Waals surface area contributed by atoms with Gasteiger partial charge in [0.05, 0.1) is 165 Å². The minimum atomic E-state index is -4.43. The molecule has 1 rings (SSSR count). The summed E-state index contributed by atoms with van der Waals surface area (Å²) < 4.78 is 110. The summed E-state index contributed by atoms with van der Waals surface area (Å²) in [5, 5.41) is 0. The third kappa shape index (κ3) is 34.6.